The van der Waals surface area contributed by atoms with Gasteiger partial charge in [0.1, 0.15) is 0 Å². The summed E-state index contributed by atoms with van der Waals surface area (Å²) < 4.78 is 5.15. The minimum Gasteiger partial charge on any atom is -0.380 e. The first-order valence-corrected chi connectivity index (χ1v) is 7.12. The maximum absolute atomic E-state index is 12.2. The highest BCUT2D eigenvalue weighted by atomic mass is 16.5. The zero-order chi connectivity index (χ0) is 15.1. The Hall–Kier alpha value is -2.13. The standard InChI is InChI=1S/C18H21NO2/c1-14(15-8-4-3-5-9-15)12-18(20)19-17-11-7-6-10-16(17)13-21-2/h3-11,14H,12-13H2,1-2H3,(H,19,20)/t14-/m1/s1. The maximum Gasteiger partial charge on any atom is 0.224 e. The van der Waals surface area contributed by atoms with Gasteiger partial charge in [0.15, 0.2) is 0 Å². The van der Waals surface area contributed by atoms with Crippen LogP contribution in [0.25, 0.3) is 0 Å². The smallest absolute Gasteiger partial charge is 0.224 e. The molecular formula is C18H21NO2. The number of ether oxygens (including phenoxy) is 1. The van der Waals surface area contributed by atoms with E-state index >= 15 is 0 Å². The Kier molecular flexibility index (Phi) is 5.52. The summed E-state index contributed by atoms with van der Waals surface area (Å²) in [6, 6.07) is 17.8. The third-order valence-electron chi connectivity index (χ3n) is 3.45. The number of benzene rings is 2. The van der Waals surface area contributed by atoms with Crippen LogP contribution in [-0.2, 0) is 16.1 Å². The molecule has 0 spiro atoms. The van der Waals surface area contributed by atoms with E-state index < -0.39 is 0 Å². The van der Waals surface area contributed by atoms with Gasteiger partial charge < -0.3 is 10.1 Å². The molecule has 0 bridgehead atoms. The topological polar surface area (TPSA) is 38.3 Å². The Morgan fingerprint density at radius 1 is 1.10 bits per heavy atom. The average Bonchev–Trinajstić information content (AvgIpc) is 2.50. The quantitative estimate of drug-likeness (QED) is 0.871. The fourth-order valence-electron chi connectivity index (χ4n) is 2.30. The molecule has 1 amide bonds. The summed E-state index contributed by atoms with van der Waals surface area (Å²) in [5.41, 5.74) is 2.99. The molecule has 2 aromatic rings. The molecule has 0 aromatic heterocycles. The Balaban J connectivity index is 1.99. The normalized spacial score (nSPS) is 11.9. The number of para-hydroxylation sites is 1. The van der Waals surface area contributed by atoms with Crippen LogP contribution in [0.4, 0.5) is 5.69 Å². The van der Waals surface area contributed by atoms with Crippen LogP contribution in [0.1, 0.15) is 30.4 Å². The van der Waals surface area contributed by atoms with Crippen LogP contribution in [0.5, 0.6) is 0 Å². The van der Waals surface area contributed by atoms with Gasteiger partial charge in [0.05, 0.1) is 6.61 Å². The molecule has 1 N–H and O–H groups in total. The first-order chi connectivity index (χ1) is 10.2. The van der Waals surface area contributed by atoms with Crippen molar-refractivity contribution in [2.24, 2.45) is 0 Å². The van der Waals surface area contributed by atoms with Crippen molar-refractivity contribution in [3.63, 3.8) is 0 Å². The zero-order valence-electron chi connectivity index (χ0n) is 12.5. The van der Waals surface area contributed by atoms with Gasteiger partial charge in [-0.25, -0.2) is 0 Å². The number of rotatable bonds is 6. The summed E-state index contributed by atoms with van der Waals surface area (Å²) >= 11 is 0. The summed E-state index contributed by atoms with van der Waals surface area (Å²) in [7, 11) is 1.65. The van der Waals surface area contributed by atoms with Crippen LogP contribution in [-0.4, -0.2) is 13.0 Å². The highest BCUT2D eigenvalue weighted by Gasteiger charge is 2.12. The Bertz CT molecular complexity index is 581. The van der Waals surface area contributed by atoms with Gasteiger partial charge in [-0.3, -0.25) is 4.79 Å². The van der Waals surface area contributed by atoms with Crippen molar-refractivity contribution in [2.75, 3.05) is 12.4 Å². The fraction of sp³-hybridized carbons (Fsp3) is 0.278. The second-order valence-electron chi connectivity index (χ2n) is 5.15. The van der Waals surface area contributed by atoms with E-state index in [4.69, 9.17) is 4.74 Å². The van der Waals surface area contributed by atoms with E-state index in [2.05, 4.69) is 24.4 Å². The largest absolute Gasteiger partial charge is 0.380 e. The summed E-state index contributed by atoms with van der Waals surface area (Å²) in [4.78, 5) is 12.2. The summed E-state index contributed by atoms with van der Waals surface area (Å²) in [5.74, 6) is 0.218. The van der Waals surface area contributed by atoms with Crippen LogP contribution >= 0.6 is 0 Å². The molecule has 0 fully saturated rings. The van der Waals surface area contributed by atoms with Gasteiger partial charge in [0.25, 0.3) is 0 Å². The lowest BCUT2D eigenvalue weighted by Gasteiger charge is -2.14. The molecule has 0 saturated carbocycles. The van der Waals surface area contributed by atoms with Crippen LogP contribution in [0, 0.1) is 0 Å². The van der Waals surface area contributed by atoms with E-state index in [1.807, 2.05) is 42.5 Å². The van der Waals surface area contributed by atoms with Gasteiger partial charge in [0.2, 0.25) is 5.91 Å². The van der Waals surface area contributed by atoms with Gasteiger partial charge in [-0.2, -0.15) is 0 Å². The molecule has 3 nitrogen and oxygen atoms in total. The van der Waals surface area contributed by atoms with Crippen LogP contribution in [0.2, 0.25) is 0 Å². The molecule has 2 rings (SSSR count). The lowest BCUT2D eigenvalue weighted by Crippen LogP contribution is -2.15. The molecular weight excluding hydrogens is 262 g/mol. The molecule has 110 valence electrons. The third kappa shape index (κ3) is 4.43. The van der Waals surface area contributed by atoms with E-state index in [1.165, 1.54) is 5.56 Å². The number of carbonyl (C=O) groups excluding carboxylic acids is 1. The summed E-state index contributed by atoms with van der Waals surface area (Å²) in [6.45, 7) is 2.56. The van der Waals surface area contributed by atoms with Crippen molar-refractivity contribution < 1.29 is 9.53 Å². The molecule has 0 unspecified atom stereocenters. The van der Waals surface area contributed by atoms with E-state index in [1.54, 1.807) is 7.11 Å². The Labute approximate surface area is 126 Å². The Morgan fingerprint density at radius 3 is 2.48 bits per heavy atom. The zero-order valence-corrected chi connectivity index (χ0v) is 12.5. The highest BCUT2D eigenvalue weighted by molar-refractivity contribution is 5.92. The van der Waals surface area contributed by atoms with Crippen molar-refractivity contribution in [1.29, 1.82) is 0 Å². The fourth-order valence-corrected chi connectivity index (χ4v) is 2.30. The number of methoxy groups -OCH3 is 1. The number of hydrogen-bond acceptors (Lipinski definition) is 2. The summed E-state index contributed by atoms with van der Waals surface area (Å²) in [6.07, 6.45) is 0.464. The first-order valence-electron chi connectivity index (χ1n) is 7.12. The van der Waals surface area contributed by atoms with Crippen molar-refractivity contribution >= 4 is 11.6 Å². The first kappa shape index (κ1) is 15.3. The van der Waals surface area contributed by atoms with E-state index in [0.29, 0.717) is 13.0 Å². The van der Waals surface area contributed by atoms with E-state index in [9.17, 15) is 4.79 Å². The monoisotopic (exact) mass is 283 g/mol. The third-order valence-corrected chi connectivity index (χ3v) is 3.45. The number of hydrogen-bond donors (Lipinski definition) is 1. The average molecular weight is 283 g/mol. The second kappa shape index (κ2) is 7.60. The molecule has 0 saturated heterocycles. The number of anilines is 1. The SMILES string of the molecule is COCc1ccccc1NC(=O)C[C@@H](C)c1ccccc1. The minimum absolute atomic E-state index is 0.0231. The predicted molar refractivity (Wildman–Crippen MR) is 85.3 cm³/mol. The van der Waals surface area contributed by atoms with Gasteiger partial charge in [-0.1, -0.05) is 55.5 Å². The lowest BCUT2D eigenvalue weighted by molar-refractivity contribution is -0.116. The van der Waals surface area contributed by atoms with Crippen molar-refractivity contribution in [3.05, 3.63) is 65.7 Å². The lowest BCUT2D eigenvalue weighted by atomic mass is 9.97. The minimum atomic E-state index is 0.0231. The van der Waals surface area contributed by atoms with Crippen LogP contribution in [0.15, 0.2) is 54.6 Å². The van der Waals surface area contributed by atoms with Gasteiger partial charge in [-0.15, -0.1) is 0 Å². The number of amides is 1. The molecule has 0 aliphatic carbocycles. The highest BCUT2D eigenvalue weighted by Crippen LogP contribution is 2.21. The number of carbonyl (C=O) groups is 1. The molecule has 0 radical (unpaired) electrons. The van der Waals surface area contributed by atoms with Crippen molar-refractivity contribution in [2.45, 2.75) is 25.9 Å². The predicted octanol–water partition coefficient (Wildman–Crippen LogP) is 3.97. The van der Waals surface area contributed by atoms with Crippen LogP contribution in [0.3, 0.4) is 0 Å². The maximum atomic E-state index is 12.2. The van der Waals surface area contributed by atoms with Crippen molar-refractivity contribution in [3.8, 4) is 0 Å². The van der Waals surface area contributed by atoms with E-state index in [-0.39, 0.29) is 11.8 Å². The van der Waals surface area contributed by atoms with Crippen LogP contribution < -0.4 is 5.32 Å². The molecule has 21 heavy (non-hydrogen) atoms. The molecule has 0 aliphatic rings. The number of nitrogens with one attached hydrogen (secondary N) is 1. The molecule has 1 atom stereocenters. The Morgan fingerprint density at radius 2 is 1.76 bits per heavy atom. The summed E-state index contributed by atoms with van der Waals surface area (Å²) in [5, 5.41) is 2.98. The van der Waals surface area contributed by atoms with Crippen molar-refractivity contribution in [1.82, 2.24) is 0 Å². The second-order valence-corrected chi connectivity index (χ2v) is 5.15. The van der Waals surface area contributed by atoms with Gasteiger partial charge in [0, 0.05) is 24.8 Å². The molecule has 0 heterocycles. The van der Waals surface area contributed by atoms with Gasteiger partial charge >= 0.3 is 0 Å². The molecule has 2 aromatic carbocycles. The van der Waals surface area contributed by atoms with E-state index in [0.717, 1.165) is 11.3 Å². The molecule has 0 aliphatic heterocycles. The molecule has 3 heteroatoms. The van der Waals surface area contributed by atoms with Gasteiger partial charge in [-0.05, 0) is 17.5 Å².